The quantitative estimate of drug-likeness (QED) is 0.526. The first-order valence-electron chi connectivity index (χ1n) is 5.49. The summed E-state index contributed by atoms with van der Waals surface area (Å²) in [4.78, 5) is 24.6. The van der Waals surface area contributed by atoms with E-state index in [2.05, 4.69) is 11.9 Å². The number of rotatable bonds is 5. The fourth-order valence-corrected chi connectivity index (χ4v) is 1.51. The lowest BCUT2D eigenvalue weighted by atomic mass is 10.2. The van der Waals surface area contributed by atoms with Crippen molar-refractivity contribution >= 4 is 11.9 Å². The Bertz CT molecular complexity index is 260. The summed E-state index contributed by atoms with van der Waals surface area (Å²) in [5.74, 6) is -0.319. The van der Waals surface area contributed by atoms with Crippen LogP contribution in [0.2, 0.25) is 0 Å². The molecule has 0 unspecified atom stereocenters. The minimum absolute atomic E-state index is 0.0250. The monoisotopic (exact) mass is 226 g/mol. The van der Waals surface area contributed by atoms with Crippen molar-refractivity contribution < 1.29 is 14.3 Å². The van der Waals surface area contributed by atoms with E-state index < -0.39 is 0 Å². The van der Waals surface area contributed by atoms with Gasteiger partial charge in [-0.3, -0.25) is 9.59 Å². The van der Waals surface area contributed by atoms with Crippen LogP contribution >= 0.6 is 0 Å². The third-order valence-electron chi connectivity index (χ3n) is 2.37. The molecular weight excluding hydrogens is 208 g/mol. The standard InChI is InChI=1S/C11H18N2O3/c1-2-9-16-11(15)4-3-10(14)13-7-5-12-6-8-13/h2,12H,1,3-9H2. The zero-order valence-electron chi connectivity index (χ0n) is 9.41. The van der Waals surface area contributed by atoms with Gasteiger partial charge >= 0.3 is 5.97 Å². The minimum Gasteiger partial charge on any atom is -0.461 e. The molecule has 1 fully saturated rings. The molecule has 0 aromatic carbocycles. The molecule has 1 saturated heterocycles. The molecule has 0 bridgehead atoms. The molecule has 5 heteroatoms. The summed E-state index contributed by atoms with van der Waals surface area (Å²) < 4.78 is 4.79. The van der Waals surface area contributed by atoms with E-state index in [1.165, 1.54) is 6.08 Å². The van der Waals surface area contributed by atoms with Gasteiger partial charge in [-0.1, -0.05) is 12.7 Å². The highest BCUT2D eigenvalue weighted by Gasteiger charge is 2.17. The summed E-state index contributed by atoms with van der Waals surface area (Å²) in [5, 5.41) is 3.17. The largest absolute Gasteiger partial charge is 0.461 e. The van der Waals surface area contributed by atoms with E-state index in [-0.39, 0.29) is 31.3 Å². The number of amides is 1. The van der Waals surface area contributed by atoms with Crippen molar-refractivity contribution in [3.8, 4) is 0 Å². The molecule has 1 amide bonds. The molecular formula is C11H18N2O3. The predicted octanol–water partition coefficient (Wildman–Crippen LogP) is -0.0724. The van der Waals surface area contributed by atoms with E-state index in [0.29, 0.717) is 0 Å². The van der Waals surface area contributed by atoms with Crippen LogP contribution in [0.3, 0.4) is 0 Å². The molecule has 0 radical (unpaired) electrons. The van der Waals surface area contributed by atoms with E-state index in [4.69, 9.17) is 4.74 Å². The van der Waals surface area contributed by atoms with E-state index in [1.54, 1.807) is 4.90 Å². The second-order valence-electron chi connectivity index (χ2n) is 3.60. The molecule has 1 aliphatic rings. The second-order valence-corrected chi connectivity index (χ2v) is 3.60. The van der Waals surface area contributed by atoms with Gasteiger partial charge in [-0.15, -0.1) is 0 Å². The Hall–Kier alpha value is -1.36. The summed E-state index contributed by atoms with van der Waals surface area (Å²) >= 11 is 0. The highest BCUT2D eigenvalue weighted by atomic mass is 16.5. The number of piperazine rings is 1. The lowest BCUT2D eigenvalue weighted by Crippen LogP contribution is -2.46. The highest BCUT2D eigenvalue weighted by Crippen LogP contribution is 2.01. The Kier molecular flexibility index (Phi) is 5.56. The maximum atomic E-state index is 11.6. The molecule has 0 atom stereocenters. The van der Waals surface area contributed by atoms with Gasteiger partial charge in [0.1, 0.15) is 6.61 Å². The SMILES string of the molecule is C=CCOC(=O)CCC(=O)N1CCNCC1. The highest BCUT2D eigenvalue weighted by molar-refractivity contribution is 5.81. The van der Waals surface area contributed by atoms with Gasteiger partial charge in [-0.05, 0) is 0 Å². The summed E-state index contributed by atoms with van der Waals surface area (Å²) in [5.41, 5.74) is 0. The third kappa shape index (κ3) is 4.44. The van der Waals surface area contributed by atoms with Crippen LogP contribution in [0.5, 0.6) is 0 Å². The van der Waals surface area contributed by atoms with Crippen LogP contribution < -0.4 is 5.32 Å². The lowest BCUT2D eigenvalue weighted by molar-refractivity contribution is -0.145. The lowest BCUT2D eigenvalue weighted by Gasteiger charge is -2.27. The normalized spacial score (nSPS) is 15.6. The zero-order valence-corrected chi connectivity index (χ0v) is 9.41. The van der Waals surface area contributed by atoms with Crippen LogP contribution in [0.4, 0.5) is 0 Å². The molecule has 0 aromatic rings. The van der Waals surface area contributed by atoms with E-state index in [0.717, 1.165) is 26.2 Å². The average Bonchev–Trinajstić information content (AvgIpc) is 2.34. The van der Waals surface area contributed by atoms with E-state index >= 15 is 0 Å². The molecule has 90 valence electrons. The minimum atomic E-state index is -0.344. The predicted molar refractivity (Wildman–Crippen MR) is 59.8 cm³/mol. The van der Waals surface area contributed by atoms with Crippen LogP contribution in [0, 0.1) is 0 Å². The Balaban J connectivity index is 2.18. The van der Waals surface area contributed by atoms with E-state index in [9.17, 15) is 9.59 Å². The molecule has 0 saturated carbocycles. The van der Waals surface area contributed by atoms with Gasteiger partial charge in [-0.2, -0.15) is 0 Å². The van der Waals surface area contributed by atoms with Crippen LogP contribution in [-0.2, 0) is 14.3 Å². The molecule has 1 heterocycles. The van der Waals surface area contributed by atoms with Crippen molar-refractivity contribution in [1.82, 2.24) is 10.2 Å². The van der Waals surface area contributed by atoms with Gasteiger partial charge in [0, 0.05) is 32.6 Å². The molecule has 1 aliphatic heterocycles. The van der Waals surface area contributed by atoms with Gasteiger partial charge in [0.25, 0.3) is 0 Å². The topological polar surface area (TPSA) is 58.6 Å². The molecule has 1 N–H and O–H groups in total. The van der Waals surface area contributed by atoms with Gasteiger partial charge in [0.2, 0.25) is 5.91 Å². The van der Waals surface area contributed by atoms with Crippen LogP contribution in [0.1, 0.15) is 12.8 Å². The molecule has 5 nitrogen and oxygen atoms in total. The Morgan fingerprint density at radius 2 is 2.00 bits per heavy atom. The Morgan fingerprint density at radius 1 is 1.31 bits per heavy atom. The smallest absolute Gasteiger partial charge is 0.306 e. The Morgan fingerprint density at radius 3 is 2.62 bits per heavy atom. The molecule has 16 heavy (non-hydrogen) atoms. The van der Waals surface area contributed by atoms with Crippen LogP contribution in [0.25, 0.3) is 0 Å². The molecule has 1 rings (SSSR count). The number of hydrogen-bond donors (Lipinski definition) is 1. The number of carbonyl (C=O) groups excluding carboxylic acids is 2. The fourth-order valence-electron chi connectivity index (χ4n) is 1.51. The number of esters is 1. The van der Waals surface area contributed by atoms with Crippen molar-refractivity contribution in [1.29, 1.82) is 0 Å². The average molecular weight is 226 g/mol. The summed E-state index contributed by atoms with van der Waals surface area (Å²) in [6, 6.07) is 0. The molecule has 0 aliphatic carbocycles. The number of hydrogen-bond acceptors (Lipinski definition) is 4. The van der Waals surface area contributed by atoms with Gasteiger partial charge in [0.05, 0.1) is 6.42 Å². The van der Waals surface area contributed by atoms with Crippen molar-refractivity contribution in [3.05, 3.63) is 12.7 Å². The van der Waals surface area contributed by atoms with E-state index in [1.807, 2.05) is 0 Å². The number of ether oxygens (including phenoxy) is 1. The van der Waals surface area contributed by atoms with Gasteiger partial charge < -0.3 is 15.0 Å². The van der Waals surface area contributed by atoms with Crippen molar-refractivity contribution in [3.63, 3.8) is 0 Å². The first-order chi connectivity index (χ1) is 7.74. The maximum Gasteiger partial charge on any atom is 0.306 e. The summed E-state index contributed by atoms with van der Waals surface area (Å²) in [6.45, 7) is 6.75. The number of nitrogens with zero attached hydrogens (tertiary/aromatic N) is 1. The zero-order chi connectivity index (χ0) is 11.8. The second kappa shape index (κ2) is 7.00. The number of carbonyl (C=O) groups is 2. The Labute approximate surface area is 95.4 Å². The van der Waals surface area contributed by atoms with Gasteiger partial charge in [0.15, 0.2) is 0 Å². The molecule has 0 spiro atoms. The van der Waals surface area contributed by atoms with Crippen LogP contribution in [0.15, 0.2) is 12.7 Å². The van der Waals surface area contributed by atoms with Crippen molar-refractivity contribution in [2.45, 2.75) is 12.8 Å². The van der Waals surface area contributed by atoms with Gasteiger partial charge in [-0.25, -0.2) is 0 Å². The first kappa shape index (κ1) is 12.7. The number of nitrogens with one attached hydrogen (secondary N) is 1. The van der Waals surface area contributed by atoms with Crippen LogP contribution in [-0.4, -0.2) is 49.6 Å². The first-order valence-corrected chi connectivity index (χ1v) is 5.49. The summed E-state index contributed by atoms with van der Waals surface area (Å²) in [6.07, 6.45) is 1.89. The third-order valence-corrected chi connectivity index (χ3v) is 2.37. The fraction of sp³-hybridized carbons (Fsp3) is 0.636. The maximum absolute atomic E-state index is 11.6. The van der Waals surface area contributed by atoms with Crippen molar-refractivity contribution in [2.24, 2.45) is 0 Å². The molecule has 0 aromatic heterocycles. The summed E-state index contributed by atoms with van der Waals surface area (Å²) in [7, 11) is 0. The van der Waals surface area contributed by atoms with Crippen molar-refractivity contribution in [2.75, 3.05) is 32.8 Å².